The average Bonchev–Trinajstić information content (AvgIpc) is 3.28. The molecule has 2 aliphatic rings. The third-order valence-electron chi connectivity index (χ3n) is 5.79. The van der Waals surface area contributed by atoms with Crippen molar-refractivity contribution in [3.05, 3.63) is 64.5 Å². The number of benzene rings is 1. The Kier molecular flexibility index (Phi) is 6.24. The highest BCUT2D eigenvalue weighted by molar-refractivity contribution is 8.03. The second-order valence-electron chi connectivity index (χ2n) is 7.92. The normalized spacial score (nSPS) is 19.0. The fraction of sp³-hybridized carbons (Fsp3) is 0.417. The molecule has 0 spiro atoms. The molecule has 1 saturated carbocycles. The maximum Gasteiger partial charge on any atom is 0.268 e. The monoisotopic (exact) mass is 409 g/mol. The quantitative estimate of drug-likeness (QED) is 0.593. The van der Waals surface area contributed by atoms with Crippen LogP contribution >= 0.6 is 11.8 Å². The molecule has 4 rings (SSSR count). The van der Waals surface area contributed by atoms with Gasteiger partial charge in [-0.15, -0.1) is 11.8 Å². The molecule has 1 aliphatic carbocycles. The number of imide groups is 1. The van der Waals surface area contributed by atoms with Crippen LogP contribution in [0.25, 0.3) is 5.57 Å². The summed E-state index contributed by atoms with van der Waals surface area (Å²) in [5, 5.41) is 0. The Morgan fingerprint density at radius 1 is 0.966 bits per heavy atom. The minimum Gasteiger partial charge on any atom is -0.468 e. The standard InChI is InChI=1S/C24H27NO3S/c1-17-11-13-18(14-12-17)21-22(29-16-20-10-7-15-28-20)24(27)25(23(21)26)19-8-5-3-2-4-6-9-19/h7,10-15,19H,2-6,8-9,16H2,1H3. The molecular weight excluding hydrogens is 382 g/mol. The molecule has 0 atom stereocenters. The highest BCUT2D eigenvalue weighted by Gasteiger charge is 2.42. The Labute approximate surface area is 176 Å². The van der Waals surface area contributed by atoms with Gasteiger partial charge in [0.05, 0.1) is 22.5 Å². The minimum absolute atomic E-state index is 0.0115. The minimum atomic E-state index is -0.133. The van der Waals surface area contributed by atoms with Crippen LogP contribution in [0.2, 0.25) is 0 Å². The molecular formula is C24H27NO3S. The zero-order valence-electron chi connectivity index (χ0n) is 16.9. The fourth-order valence-corrected chi connectivity index (χ4v) is 5.22. The van der Waals surface area contributed by atoms with Crippen molar-refractivity contribution in [3.8, 4) is 0 Å². The largest absolute Gasteiger partial charge is 0.468 e. The van der Waals surface area contributed by atoms with Crippen molar-refractivity contribution in [2.24, 2.45) is 0 Å². The average molecular weight is 410 g/mol. The molecule has 0 bridgehead atoms. The van der Waals surface area contributed by atoms with E-state index < -0.39 is 0 Å². The van der Waals surface area contributed by atoms with Crippen LogP contribution in [0, 0.1) is 6.92 Å². The lowest BCUT2D eigenvalue weighted by molar-refractivity contribution is -0.139. The van der Waals surface area contributed by atoms with Gasteiger partial charge < -0.3 is 4.42 Å². The number of hydrogen-bond donors (Lipinski definition) is 0. The van der Waals surface area contributed by atoms with Crippen LogP contribution in [0.3, 0.4) is 0 Å². The molecule has 29 heavy (non-hydrogen) atoms. The summed E-state index contributed by atoms with van der Waals surface area (Å²) in [6.07, 6.45) is 9.24. The molecule has 0 unspecified atom stereocenters. The first-order valence-electron chi connectivity index (χ1n) is 10.5. The van der Waals surface area contributed by atoms with Gasteiger partial charge in [-0.1, -0.05) is 61.9 Å². The van der Waals surface area contributed by atoms with Gasteiger partial charge in [0, 0.05) is 6.04 Å². The number of carbonyl (C=O) groups is 2. The van der Waals surface area contributed by atoms with Crippen LogP contribution in [0.5, 0.6) is 0 Å². The van der Waals surface area contributed by atoms with E-state index in [0.29, 0.717) is 16.2 Å². The molecule has 4 nitrogen and oxygen atoms in total. The van der Waals surface area contributed by atoms with Crippen molar-refractivity contribution in [3.63, 3.8) is 0 Å². The number of amides is 2. The Balaban J connectivity index is 1.65. The summed E-state index contributed by atoms with van der Waals surface area (Å²) in [5.74, 6) is 1.07. The van der Waals surface area contributed by atoms with E-state index in [4.69, 9.17) is 4.42 Å². The van der Waals surface area contributed by atoms with E-state index in [1.54, 1.807) is 11.2 Å². The van der Waals surface area contributed by atoms with Crippen LogP contribution in [0.15, 0.2) is 52.0 Å². The Morgan fingerprint density at radius 2 is 1.66 bits per heavy atom. The maximum atomic E-state index is 13.5. The molecule has 1 aliphatic heterocycles. The lowest BCUT2D eigenvalue weighted by Crippen LogP contribution is -2.41. The highest BCUT2D eigenvalue weighted by Crippen LogP contribution is 2.40. The van der Waals surface area contributed by atoms with Gasteiger partial charge in [-0.3, -0.25) is 14.5 Å². The SMILES string of the molecule is Cc1ccc(C2=C(SCc3ccco3)C(=O)N(C3CCCCCCC3)C2=O)cc1. The fourth-order valence-electron chi connectivity index (χ4n) is 4.20. The number of hydrogen-bond acceptors (Lipinski definition) is 4. The van der Waals surface area contributed by atoms with Gasteiger partial charge in [-0.05, 0) is 37.5 Å². The summed E-state index contributed by atoms with van der Waals surface area (Å²) in [6, 6.07) is 11.6. The number of aryl methyl sites for hydroxylation is 1. The van der Waals surface area contributed by atoms with Crippen molar-refractivity contribution in [2.75, 3.05) is 0 Å². The number of nitrogens with zero attached hydrogens (tertiary/aromatic N) is 1. The van der Waals surface area contributed by atoms with Crippen LogP contribution in [-0.4, -0.2) is 22.8 Å². The lowest BCUT2D eigenvalue weighted by Gasteiger charge is -2.28. The molecule has 2 aromatic rings. The predicted molar refractivity (Wildman–Crippen MR) is 116 cm³/mol. The van der Waals surface area contributed by atoms with Crippen LogP contribution in [0.4, 0.5) is 0 Å². The zero-order chi connectivity index (χ0) is 20.2. The van der Waals surface area contributed by atoms with Gasteiger partial charge >= 0.3 is 0 Å². The van der Waals surface area contributed by atoms with Crippen molar-refractivity contribution < 1.29 is 14.0 Å². The highest BCUT2D eigenvalue weighted by atomic mass is 32.2. The Bertz CT molecular complexity index is 891. The van der Waals surface area contributed by atoms with Crippen LogP contribution < -0.4 is 0 Å². The zero-order valence-corrected chi connectivity index (χ0v) is 17.7. The Hall–Kier alpha value is -2.27. The summed E-state index contributed by atoms with van der Waals surface area (Å²) >= 11 is 1.41. The molecule has 1 aromatic heterocycles. The van der Waals surface area contributed by atoms with E-state index in [2.05, 4.69) is 0 Å². The number of furan rings is 1. The maximum absolute atomic E-state index is 13.5. The van der Waals surface area contributed by atoms with Crippen molar-refractivity contribution in [1.29, 1.82) is 0 Å². The first kappa shape index (κ1) is 20.0. The van der Waals surface area contributed by atoms with E-state index in [1.807, 2.05) is 43.3 Å². The second-order valence-corrected chi connectivity index (χ2v) is 8.90. The predicted octanol–water partition coefficient (Wildman–Crippen LogP) is 5.71. The smallest absolute Gasteiger partial charge is 0.268 e. The summed E-state index contributed by atoms with van der Waals surface area (Å²) in [5.41, 5.74) is 2.51. The third-order valence-corrected chi connectivity index (χ3v) is 6.89. The molecule has 5 heteroatoms. The molecule has 152 valence electrons. The van der Waals surface area contributed by atoms with Crippen molar-refractivity contribution in [2.45, 2.75) is 63.7 Å². The molecule has 2 heterocycles. The first-order valence-corrected chi connectivity index (χ1v) is 11.5. The summed E-state index contributed by atoms with van der Waals surface area (Å²) < 4.78 is 5.43. The molecule has 0 saturated heterocycles. The van der Waals surface area contributed by atoms with Crippen LogP contribution in [-0.2, 0) is 15.3 Å². The van der Waals surface area contributed by atoms with Gasteiger partial charge in [0.25, 0.3) is 11.8 Å². The van der Waals surface area contributed by atoms with Gasteiger partial charge in [0.1, 0.15) is 5.76 Å². The summed E-state index contributed by atoms with van der Waals surface area (Å²) in [7, 11) is 0. The second kappa shape index (κ2) is 9.04. The third kappa shape index (κ3) is 4.35. The van der Waals surface area contributed by atoms with E-state index >= 15 is 0 Å². The molecule has 0 N–H and O–H groups in total. The molecule has 1 aromatic carbocycles. The Morgan fingerprint density at radius 3 is 2.31 bits per heavy atom. The van der Waals surface area contributed by atoms with Gasteiger partial charge in [0.2, 0.25) is 0 Å². The molecule has 1 fully saturated rings. The number of carbonyl (C=O) groups excluding carboxylic acids is 2. The van der Waals surface area contributed by atoms with E-state index in [0.717, 1.165) is 42.6 Å². The van der Waals surface area contributed by atoms with Gasteiger partial charge in [0.15, 0.2) is 0 Å². The molecule has 2 amide bonds. The summed E-state index contributed by atoms with van der Waals surface area (Å²) in [4.78, 5) is 29.0. The van der Waals surface area contributed by atoms with Gasteiger partial charge in [-0.25, -0.2) is 0 Å². The van der Waals surface area contributed by atoms with Crippen molar-refractivity contribution in [1.82, 2.24) is 4.90 Å². The van der Waals surface area contributed by atoms with E-state index in [9.17, 15) is 9.59 Å². The topological polar surface area (TPSA) is 50.5 Å². The van der Waals surface area contributed by atoms with Crippen molar-refractivity contribution >= 4 is 29.1 Å². The first-order chi connectivity index (χ1) is 14.1. The number of thioether (sulfide) groups is 1. The number of rotatable bonds is 5. The van der Waals surface area contributed by atoms with Gasteiger partial charge in [-0.2, -0.15) is 0 Å². The lowest BCUT2D eigenvalue weighted by atomic mass is 9.95. The van der Waals surface area contributed by atoms with E-state index in [-0.39, 0.29) is 17.9 Å². The summed E-state index contributed by atoms with van der Waals surface area (Å²) in [6.45, 7) is 2.02. The van der Waals surface area contributed by atoms with E-state index in [1.165, 1.54) is 31.0 Å². The molecule has 0 radical (unpaired) electrons. The van der Waals surface area contributed by atoms with Crippen LogP contribution in [0.1, 0.15) is 61.8 Å².